The van der Waals surface area contributed by atoms with Crippen LogP contribution in [0.25, 0.3) is 0 Å². The number of carbonyl (C=O) groups is 2. The van der Waals surface area contributed by atoms with Crippen LogP contribution in [-0.2, 0) is 25.6 Å². The minimum Gasteiger partial charge on any atom is -0.469 e. The smallest absolute Gasteiger partial charge is 0.320 e. The third-order valence-corrected chi connectivity index (χ3v) is 4.11. The summed E-state index contributed by atoms with van der Waals surface area (Å²) in [4.78, 5) is 25.8. The van der Waals surface area contributed by atoms with E-state index in [0.717, 1.165) is 15.6 Å². The Hall–Kier alpha value is -1.40. The molecule has 1 aliphatic rings. The summed E-state index contributed by atoms with van der Waals surface area (Å²) in [6.45, 7) is 6.27. The quantitative estimate of drug-likeness (QED) is 0.747. The lowest BCUT2D eigenvalue weighted by molar-refractivity contribution is -0.157. The molecule has 1 aromatic carbocycles. The summed E-state index contributed by atoms with van der Waals surface area (Å²) in [6, 6.07) is 5.79. The second-order valence-electron chi connectivity index (χ2n) is 6.63. The summed E-state index contributed by atoms with van der Waals surface area (Å²) in [5.74, 6) is -0.584. The fraction of sp³-hybridized carbons (Fsp3) is 0.529. The van der Waals surface area contributed by atoms with Gasteiger partial charge in [0, 0.05) is 17.1 Å². The van der Waals surface area contributed by atoms with Crippen molar-refractivity contribution in [3.8, 4) is 0 Å². The van der Waals surface area contributed by atoms with Crippen molar-refractivity contribution in [3.63, 3.8) is 0 Å². The molecule has 0 aliphatic carbocycles. The molecule has 1 heterocycles. The third-order valence-electron chi connectivity index (χ3n) is 3.62. The van der Waals surface area contributed by atoms with Crippen molar-refractivity contribution in [2.45, 2.75) is 45.4 Å². The summed E-state index contributed by atoms with van der Waals surface area (Å²) in [6.07, 6.45) is 0.216. The zero-order chi connectivity index (χ0) is 17.2. The standard InChI is InChI=1S/C17H22BrNO4/c1-17(2,3)23-16(21)10-19-9-11-7-12(18)5-6-13(11)14(19)8-15(20)22-4/h5-7,14H,8-10H2,1-4H3. The highest BCUT2D eigenvalue weighted by atomic mass is 79.9. The number of fused-ring (bicyclic) bond motifs is 1. The van der Waals surface area contributed by atoms with Crippen molar-refractivity contribution in [1.29, 1.82) is 0 Å². The number of hydrogen-bond acceptors (Lipinski definition) is 5. The molecule has 5 nitrogen and oxygen atoms in total. The van der Waals surface area contributed by atoms with E-state index in [9.17, 15) is 9.59 Å². The van der Waals surface area contributed by atoms with Gasteiger partial charge in [-0.05, 0) is 44.0 Å². The van der Waals surface area contributed by atoms with E-state index in [-0.39, 0.29) is 30.9 Å². The molecule has 0 fully saturated rings. The molecule has 0 aromatic heterocycles. The molecular weight excluding hydrogens is 362 g/mol. The summed E-state index contributed by atoms with van der Waals surface area (Å²) >= 11 is 3.46. The predicted molar refractivity (Wildman–Crippen MR) is 89.8 cm³/mol. The number of ether oxygens (including phenoxy) is 2. The topological polar surface area (TPSA) is 55.8 Å². The Bertz CT molecular complexity index is 609. The van der Waals surface area contributed by atoms with Gasteiger partial charge in [-0.2, -0.15) is 0 Å². The molecule has 1 aromatic rings. The van der Waals surface area contributed by atoms with Crippen molar-refractivity contribution in [1.82, 2.24) is 4.90 Å². The van der Waals surface area contributed by atoms with E-state index in [1.54, 1.807) is 0 Å². The first kappa shape index (κ1) is 17.9. The lowest BCUT2D eigenvalue weighted by atomic mass is 10.0. The van der Waals surface area contributed by atoms with Gasteiger partial charge in [0.2, 0.25) is 0 Å². The van der Waals surface area contributed by atoms with Gasteiger partial charge in [-0.25, -0.2) is 0 Å². The van der Waals surface area contributed by atoms with Crippen LogP contribution in [0.15, 0.2) is 22.7 Å². The zero-order valence-corrected chi connectivity index (χ0v) is 15.5. The lowest BCUT2D eigenvalue weighted by Gasteiger charge is -2.26. The van der Waals surface area contributed by atoms with E-state index in [2.05, 4.69) is 15.9 Å². The molecule has 0 N–H and O–H groups in total. The van der Waals surface area contributed by atoms with Gasteiger partial charge in [0.1, 0.15) is 5.60 Å². The maximum atomic E-state index is 12.1. The number of methoxy groups -OCH3 is 1. The summed E-state index contributed by atoms with van der Waals surface area (Å²) in [7, 11) is 1.37. The van der Waals surface area contributed by atoms with Gasteiger partial charge in [-0.1, -0.05) is 22.0 Å². The van der Waals surface area contributed by atoms with Gasteiger partial charge in [0.25, 0.3) is 0 Å². The van der Waals surface area contributed by atoms with Gasteiger partial charge in [-0.15, -0.1) is 0 Å². The average molecular weight is 384 g/mol. The maximum absolute atomic E-state index is 12.1. The van der Waals surface area contributed by atoms with Crippen LogP contribution in [-0.4, -0.2) is 36.1 Å². The number of halogens is 1. The van der Waals surface area contributed by atoms with Crippen molar-refractivity contribution in [2.75, 3.05) is 13.7 Å². The summed E-state index contributed by atoms with van der Waals surface area (Å²) < 4.78 is 11.2. The highest BCUT2D eigenvalue weighted by Gasteiger charge is 2.34. The molecule has 0 saturated carbocycles. The van der Waals surface area contributed by atoms with Crippen LogP contribution in [0.2, 0.25) is 0 Å². The molecule has 0 spiro atoms. The largest absolute Gasteiger partial charge is 0.469 e. The molecule has 6 heteroatoms. The highest BCUT2D eigenvalue weighted by molar-refractivity contribution is 9.10. The van der Waals surface area contributed by atoms with E-state index in [1.165, 1.54) is 7.11 Å². The molecule has 0 saturated heterocycles. The molecule has 2 rings (SSSR count). The van der Waals surface area contributed by atoms with Crippen LogP contribution >= 0.6 is 15.9 Å². The molecule has 1 atom stereocenters. The van der Waals surface area contributed by atoms with Crippen LogP contribution < -0.4 is 0 Å². The van der Waals surface area contributed by atoms with E-state index in [1.807, 2.05) is 43.9 Å². The lowest BCUT2D eigenvalue weighted by Crippen LogP contribution is -2.34. The second-order valence-corrected chi connectivity index (χ2v) is 7.55. The van der Waals surface area contributed by atoms with Crippen LogP contribution in [0.1, 0.15) is 44.4 Å². The molecular formula is C17H22BrNO4. The van der Waals surface area contributed by atoms with Gasteiger partial charge < -0.3 is 9.47 Å². The first-order valence-electron chi connectivity index (χ1n) is 7.50. The Kier molecular flexibility index (Phi) is 5.47. The molecule has 0 amide bonds. The van der Waals surface area contributed by atoms with Crippen molar-refractivity contribution >= 4 is 27.9 Å². The monoisotopic (exact) mass is 383 g/mol. The van der Waals surface area contributed by atoms with Gasteiger partial charge >= 0.3 is 11.9 Å². The Morgan fingerprint density at radius 1 is 1.30 bits per heavy atom. The van der Waals surface area contributed by atoms with Gasteiger partial charge in [0.05, 0.1) is 20.1 Å². The van der Waals surface area contributed by atoms with E-state index in [4.69, 9.17) is 9.47 Å². The first-order valence-corrected chi connectivity index (χ1v) is 8.30. The van der Waals surface area contributed by atoms with Crippen LogP contribution in [0.4, 0.5) is 0 Å². The molecule has 0 radical (unpaired) electrons. The van der Waals surface area contributed by atoms with Gasteiger partial charge in [-0.3, -0.25) is 14.5 Å². The number of carbonyl (C=O) groups excluding carboxylic acids is 2. The molecule has 0 bridgehead atoms. The van der Waals surface area contributed by atoms with Crippen molar-refractivity contribution in [3.05, 3.63) is 33.8 Å². The van der Waals surface area contributed by atoms with E-state index in [0.29, 0.717) is 6.54 Å². The Morgan fingerprint density at radius 2 is 2.00 bits per heavy atom. The maximum Gasteiger partial charge on any atom is 0.320 e. The minimum atomic E-state index is -0.523. The molecule has 126 valence electrons. The zero-order valence-electron chi connectivity index (χ0n) is 13.9. The van der Waals surface area contributed by atoms with E-state index >= 15 is 0 Å². The predicted octanol–water partition coefficient (Wildman–Crippen LogP) is 3.21. The van der Waals surface area contributed by atoms with E-state index < -0.39 is 5.60 Å². The fourth-order valence-corrected chi connectivity index (χ4v) is 3.16. The average Bonchev–Trinajstić information content (AvgIpc) is 2.73. The number of rotatable bonds is 4. The van der Waals surface area contributed by atoms with Crippen LogP contribution in [0.3, 0.4) is 0 Å². The number of benzene rings is 1. The first-order chi connectivity index (χ1) is 10.7. The summed E-state index contributed by atoms with van der Waals surface area (Å²) in [5.41, 5.74) is 1.64. The number of hydrogen-bond donors (Lipinski definition) is 0. The van der Waals surface area contributed by atoms with Crippen LogP contribution in [0.5, 0.6) is 0 Å². The minimum absolute atomic E-state index is 0.144. The molecule has 1 aliphatic heterocycles. The normalized spacial score (nSPS) is 17.7. The highest BCUT2D eigenvalue weighted by Crippen LogP contribution is 2.37. The van der Waals surface area contributed by atoms with Crippen LogP contribution in [0, 0.1) is 0 Å². The molecule has 1 unspecified atom stereocenters. The number of nitrogens with zero attached hydrogens (tertiary/aromatic N) is 1. The molecule has 23 heavy (non-hydrogen) atoms. The number of esters is 2. The van der Waals surface area contributed by atoms with Crippen molar-refractivity contribution < 1.29 is 19.1 Å². The van der Waals surface area contributed by atoms with Crippen molar-refractivity contribution in [2.24, 2.45) is 0 Å². The summed E-state index contributed by atoms with van der Waals surface area (Å²) in [5, 5.41) is 0. The Labute approximate surface area is 145 Å². The Morgan fingerprint density at radius 3 is 2.61 bits per heavy atom. The fourth-order valence-electron chi connectivity index (χ4n) is 2.75. The van der Waals surface area contributed by atoms with Gasteiger partial charge in [0.15, 0.2) is 0 Å². The second kappa shape index (κ2) is 7.01. The third kappa shape index (κ3) is 4.78. The Balaban J connectivity index is 2.18. The SMILES string of the molecule is COC(=O)CC1c2ccc(Br)cc2CN1CC(=O)OC(C)(C)C.